The van der Waals surface area contributed by atoms with E-state index in [1.54, 1.807) is 30.3 Å². The number of nitrogens with one attached hydrogen (secondary N) is 1. The van der Waals surface area contributed by atoms with E-state index in [1.807, 2.05) is 6.07 Å². The Bertz CT molecular complexity index is 1460. The van der Waals surface area contributed by atoms with Crippen LogP contribution in [-0.2, 0) is 23.4 Å². The molecule has 2 aromatic heterocycles. The van der Waals surface area contributed by atoms with E-state index in [2.05, 4.69) is 15.2 Å². The van der Waals surface area contributed by atoms with Crippen molar-refractivity contribution in [2.24, 2.45) is 0 Å². The van der Waals surface area contributed by atoms with Crippen LogP contribution in [0.25, 0.3) is 5.52 Å². The number of para-hydroxylation sites is 1. The van der Waals surface area contributed by atoms with Crippen LogP contribution in [0.2, 0.25) is 0 Å². The third kappa shape index (κ3) is 5.40. The van der Waals surface area contributed by atoms with Gasteiger partial charge in [-0.2, -0.15) is 15.4 Å². The van der Waals surface area contributed by atoms with Gasteiger partial charge in [-0.15, -0.1) is 0 Å². The molecular weight excluding hydrogens is 543 g/mol. The summed E-state index contributed by atoms with van der Waals surface area (Å²) in [5.74, 6) is -0.306. The number of carbonyl (C=O) groups excluding carboxylic acids is 1. The van der Waals surface area contributed by atoms with Crippen molar-refractivity contribution in [3.63, 3.8) is 0 Å². The fraction of sp³-hybridized carbons (Fsp3) is 0.440. The molecule has 5 rings (SSSR count). The van der Waals surface area contributed by atoms with Crippen LogP contribution in [0.4, 0.5) is 5.82 Å². The number of hydrogen-bond acceptors (Lipinski definition) is 12. The molecule has 0 radical (unpaired) electrons. The van der Waals surface area contributed by atoms with E-state index in [0.29, 0.717) is 11.2 Å². The van der Waals surface area contributed by atoms with Crippen molar-refractivity contribution in [3.8, 4) is 11.8 Å². The van der Waals surface area contributed by atoms with E-state index in [1.165, 1.54) is 29.9 Å². The van der Waals surface area contributed by atoms with Crippen LogP contribution in [0.5, 0.6) is 5.75 Å². The summed E-state index contributed by atoms with van der Waals surface area (Å²) in [5.41, 5.74) is 4.44. The smallest absolute Gasteiger partial charge is 0.459 e. The number of aliphatic hydroxyl groups is 2. The number of nitrogen functional groups attached to an aromatic ring is 1. The number of rotatable bonds is 10. The lowest BCUT2D eigenvalue weighted by Crippen LogP contribution is -2.46. The van der Waals surface area contributed by atoms with Gasteiger partial charge in [0, 0.05) is 0 Å². The molecule has 0 spiro atoms. The molecule has 3 aromatic rings. The molecule has 1 saturated heterocycles. The van der Waals surface area contributed by atoms with Crippen LogP contribution < -0.4 is 15.3 Å². The third-order valence-corrected chi connectivity index (χ3v) is 8.52. The Balaban J connectivity index is 1.37. The van der Waals surface area contributed by atoms with E-state index in [4.69, 9.17) is 24.3 Å². The van der Waals surface area contributed by atoms with Gasteiger partial charge < -0.3 is 29.9 Å². The lowest BCUT2D eigenvalue weighted by atomic mass is 9.96. The minimum atomic E-state index is -4.38. The third-order valence-electron chi connectivity index (χ3n) is 6.90. The largest absolute Gasteiger partial charge is 0.461 e. The number of nitrogens with zero attached hydrogens (tertiary/aromatic N) is 4. The number of fused-ring (bicyclic) bond motifs is 1. The zero-order valence-corrected chi connectivity index (χ0v) is 22.4. The van der Waals surface area contributed by atoms with Crippen molar-refractivity contribution in [1.82, 2.24) is 19.7 Å². The molecule has 40 heavy (non-hydrogen) atoms. The molecule has 0 bridgehead atoms. The van der Waals surface area contributed by atoms with Crippen molar-refractivity contribution < 1.29 is 38.1 Å². The van der Waals surface area contributed by atoms with Crippen molar-refractivity contribution in [1.29, 1.82) is 5.26 Å². The number of benzene rings is 1. The molecule has 212 valence electrons. The minimum absolute atomic E-state index is 0.159. The Morgan fingerprint density at radius 1 is 1.32 bits per heavy atom. The molecule has 0 amide bonds. The number of anilines is 1. The van der Waals surface area contributed by atoms with Crippen LogP contribution in [-0.4, -0.2) is 67.3 Å². The maximum absolute atomic E-state index is 13.9. The van der Waals surface area contributed by atoms with Gasteiger partial charge in [0.2, 0.25) is 5.60 Å². The molecule has 1 aromatic carbocycles. The molecule has 6 atom stereocenters. The normalized spacial score (nSPS) is 26.9. The number of ether oxygens (including phenoxy) is 2. The van der Waals surface area contributed by atoms with E-state index in [-0.39, 0.29) is 17.7 Å². The number of carbonyl (C=O) groups is 1. The highest BCUT2D eigenvalue weighted by molar-refractivity contribution is 7.52. The quantitative estimate of drug-likeness (QED) is 0.202. The maximum atomic E-state index is 13.9. The molecule has 14 nitrogen and oxygen atoms in total. The Hall–Kier alpha value is -3.57. The molecule has 2 fully saturated rings. The van der Waals surface area contributed by atoms with Gasteiger partial charge in [-0.1, -0.05) is 18.2 Å². The number of nitriles is 1. The van der Waals surface area contributed by atoms with Gasteiger partial charge in [0.15, 0.2) is 5.82 Å². The fourth-order valence-corrected chi connectivity index (χ4v) is 5.93. The monoisotopic (exact) mass is 572 g/mol. The van der Waals surface area contributed by atoms with Crippen LogP contribution in [0.1, 0.15) is 38.0 Å². The molecule has 2 aliphatic rings. The first-order chi connectivity index (χ1) is 19.1. The molecule has 5 N–H and O–H groups in total. The van der Waals surface area contributed by atoms with Gasteiger partial charge in [0.05, 0.1) is 5.69 Å². The number of aliphatic hydroxyl groups excluding tert-OH is 2. The Morgan fingerprint density at radius 2 is 2.08 bits per heavy atom. The number of esters is 1. The predicted octanol–water partition coefficient (Wildman–Crippen LogP) is 1.64. The zero-order valence-electron chi connectivity index (χ0n) is 21.5. The van der Waals surface area contributed by atoms with Gasteiger partial charge in [-0.25, -0.2) is 14.1 Å². The van der Waals surface area contributed by atoms with Crippen molar-refractivity contribution in [2.45, 2.75) is 62.2 Å². The van der Waals surface area contributed by atoms with Crippen LogP contribution >= 0.6 is 7.75 Å². The highest BCUT2D eigenvalue weighted by atomic mass is 31.2. The van der Waals surface area contributed by atoms with Gasteiger partial charge in [0.25, 0.3) is 0 Å². The molecule has 1 aliphatic carbocycles. The summed E-state index contributed by atoms with van der Waals surface area (Å²) in [6, 6.07) is 12.0. The van der Waals surface area contributed by atoms with Crippen LogP contribution in [0.3, 0.4) is 0 Å². The van der Waals surface area contributed by atoms with E-state index in [9.17, 15) is 24.8 Å². The molecule has 3 heterocycles. The highest BCUT2D eigenvalue weighted by Gasteiger charge is 2.57. The Kier molecular flexibility index (Phi) is 7.78. The highest BCUT2D eigenvalue weighted by Crippen LogP contribution is 2.48. The topological polar surface area (TPSA) is 204 Å². The fourth-order valence-electron chi connectivity index (χ4n) is 4.41. The molecular formula is C25H29N6O8P. The Labute approximate surface area is 229 Å². The Morgan fingerprint density at radius 3 is 2.75 bits per heavy atom. The average molecular weight is 573 g/mol. The standard InChI is InChI=1S/C25H29N6O8P/c1-15(24(34)37-16-8-5-9-16)30-40(35,39-17-6-3-2-4-7-17)36-13-25(12-26)22(33)20(32)21(38-25)18-10-11-19-23(27)28-14-29-31(18)19/h2-4,6-7,10-11,14-16,20-22,32-33H,5,8-9,13H2,1H3,(H,30,35)(H2,27,28,29)/t15-,20-,21-,22-,25+,40?/m0/s1. The average Bonchev–Trinajstić information content (AvgIpc) is 3.46. The summed E-state index contributed by atoms with van der Waals surface area (Å²) in [6.07, 6.45) is -1.10. The summed E-state index contributed by atoms with van der Waals surface area (Å²) >= 11 is 0. The van der Waals surface area contributed by atoms with Crippen molar-refractivity contribution in [3.05, 3.63) is 54.5 Å². The van der Waals surface area contributed by atoms with E-state index in [0.717, 1.165) is 19.3 Å². The van der Waals surface area contributed by atoms with E-state index >= 15 is 0 Å². The van der Waals surface area contributed by atoms with Gasteiger partial charge in [0.1, 0.15) is 60.7 Å². The first-order valence-electron chi connectivity index (χ1n) is 12.7. The number of aromatic nitrogens is 3. The number of hydrogen-bond donors (Lipinski definition) is 4. The minimum Gasteiger partial charge on any atom is -0.461 e. The van der Waals surface area contributed by atoms with Crippen molar-refractivity contribution >= 4 is 25.1 Å². The lowest BCUT2D eigenvalue weighted by molar-refractivity contribution is -0.154. The molecule has 15 heteroatoms. The second-order valence-corrected chi connectivity index (χ2v) is 11.4. The van der Waals surface area contributed by atoms with E-state index < -0.39 is 50.3 Å². The first-order valence-corrected chi connectivity index (χ1v) is 14.2. The maximum Gasteiger partial charge on any atom is 0.459 e. The lowest BCUT2D eigenvalue weighted by Gasteiger charge is -2.30. The first kappa shape index (κ1) is 28.0. The number of nitrogens with two attached hydrogens (primary N) is 1. The molecule has 1 saturated carbocycles. The molecule has 1 aliphatic heterocycles. The molecule has 1 unspecified atom stereocenters. The summed E-state index contributed by atoms with van der Waals surface area (Å²) in [5, 5.41) is 38.5. The summed E-state index contributed by atoms with van der Waals surface area (Å²) < 4.78 is 37.8. The zero-order chi connectivity index (χ0) is 28.5. The second kappa shape index (κ2) is 11.1. The van der Waals surface area contributed by atoms with Gasteiger partial charge in [-0.05, 0) is 50.5 Å². The van der Waals surface area contributed by atoms with Gasteiger partial charge in [-0.3, -0.25) is 9.32 Å². The second-order valence-electron chi connectivity index (χ2n) is 9.69. The van der Waals surface area contributed by atoms with Crippen LogP contribution in [0, 0.1) is 11.3 Å². The van der Waals surface area contributed by atoms with Crippen LogP contribution in [0.15, 0.2) is 48.8 Å². The summed E-state index contributed by atoms with van der Waals surface area (Å²) in [6.45, 7) is 0.650. The summed E-state index contributed by atoms with van der Waals surface area (Å²) in [4.78, 5) is 16.5. The van der Waals surface area contributed by atoms with Gasteiger partial charge >= 0.3 is 13.7 Å². The summed E-state index contributed by atoms with van der Waals surface area (Å²) in [7, 11) is -4.38. The predicted molar refractivity (Wildman–Crippen MR) is 139 cm³/mol. The van der Waals surface area contributed by atoms with Crippen molar-refractivity contribution in [2.75, 3.05) is 12.3 Å². The SMILES string of the molecule is C[C@H](NP(=O)(OC[C@@]1(C#N)O[C@@H](c2ccc3c(N)ncnn23)[C@H](O)[C@@H]1O)Oc1ccccc1)C(=O)OC1CCC1.